The van der Waals surface area contributed by atoms with Crippen LogP contribution in [0.2, 0.25) is 0 Å². The lowest BCUT2D eigenvalue weighted by Gasteiger charge is -2.08. The van der Waals surface area contributed by atoms with Crippen molar-refractivity contribution in [1.29, 1.82) is 5.26 Å². The topological polar surface area (TPSA) is 71.7 Å². The zero-order valence-corrected chi connectivity index (χ0v) is 9.68. The number of nitriles is 1. The highest BCUT2D eigenvalue weighted by Gasteiger charge is 2.06. The van der Waals surface area contributed by atoms with E-state index in [0.29, 0.717) is 32.2 Å². The molecule has 0 aliphatic rings. The van der Waals surface area contributed by atoms with Gasteiger partial charge in [0.15, 0.2) is 11.5 Å². The van der Waals surface area contributed by atoms with Crippen molar-refractivity contribution >= 4 is 0 Å². The van der Waals surface area contributed by atoms with Crippen LogP contribution in [0.15, 0.2) is 18.2 Å². The zero-order chi connectivity index (χ0) is 12.5. The number of methoxy groups -OCH3 is 1. The Morgan fingerprint density at radius 2 is 2.00 bits per heavy atom. The molecule has 92 valence electrons. The van der Waals surface area contributed by atoms with E-state index in [0.717, 1.165) is 0 Å². The molecule has 1 N–H and O–H groups in total. The van der Waals surface area contributed by atoms with Crippen molar-refractivity contribution in [3.63, 3.8) is 0 Å². The highest BCUT2D eigenvalue weighted by molar-refractivity contribution is 5.51. The maximum Gasteiger partial charge on any atom is 0.175 e. The van der Waals surface area contributed by atoms with Crippen LogP contribution in [0.3, 0.4) is 0 Å². The molecule has 0 unspecified atom stereocenters. The van der Waals surface area contributed by atoms with Crippen molar-refractivity contribution in [2.75, 3.05) is 33.5 Å². The summed E-state index contributed by atoms with van der Waals surface area (Å²) in [7, 11) is 1.60. The molecule has 0 amide bonds. The summed E-state index contributed by atoms with van der Waals surface area (Å²) in [6.45, 7) is 1.75. The largest absolute Gasteiger partial charge is 0.503 e. The number of para-hydroxylation sites is 1. The number of nitrogens with zero attached hydrogens (tertiary/aromatic N) is 1. The molecular weight excluding hydrogens is 222 g/mol. The van der Waals surface area contributed by atoms with Gasteiger partial charge in [-0.25, -0.2) is 0 Å². The fourth-order valence-electron chi connectivity index (χ4n) is 1.18. The first-order chi connectivity index (χ1) is 8.29. The number of rotatable bonds is 7. The van der Waals surface area contributed by atoms with Crippen molar-refractivity contribution in [1.82, 2.24) is 0 Å². The summed E-state index contributed by atoms with van der Waals surface area (Å²) < 4.78 is 15.3. The van der Waals surface area contributed by atoms with Crippen LogP contribution in [-0.4, -0.2) is 38.6 Å². The SMILES string of the molecule is COCCOCCOc1cccc(C#N)c1O. The molecule has 17 heavy (non-hydrogen) atoms. The van der Waals surface area contributed by atoms with E-state index in [2.05, 4.69) is 0 Å². The maximum atomic E-state index is 9.62. The summed E-state index contributed by atoms with van der Waals surface area (Å²) in [6, 6.07) is 6.66. The van der Waals surface area contributed by atoms with Crippen LogP contribution in [0.1, 0.15) is 5.56 Å². The number of phenolic OH excluding ortho intramolecular Hbond substituents is 1. The van der Waals surface area contributed by atoms with Crippen molar-refractivity contribution in [3.8, 4) is 17.6 Å². The number of ether oxygens (including phenoxy) is 3. The number of phenols is 1. The van der Waals surface area contributed by atoms with Gasteiger partial charge in [0.1, 0.15) is 12.7 Å². The third-order valence-corrected chi connectivity index (χ3v) is 2.04. The first kappa shape index (κ1) is 13.3. The molecule has 0 spiro atoms. The second-order valence-corrected chi connectivity index (χ2v) is 3.22. The lowest BCUT2D eigenvalue weighted by Crippen LogP contribution is -2.10. The van der Waals surface area contributed by atoms with E-state index in [-0.39, 0.29) is 11.3 Å². The molecule has 0 bridgehead atoms. The van der Waals surface area contributed by atoms with Crippen LogP contribution < -0.4 is 4.74 Å². The van der Waals surface area contributed by atoms with E-state index < -0.39 is 0 Å². The molecule has 0 saturated carbocycles. The first-order valence-corrected chi connectivity index (χ1v) is 5.21. The van der Waals surface area contributed by atoms with Gasteiger partial charge in [0.2, 0.25) is 0 Å². The Bertz CT molecular complexity index is 387. The fourth-order valence-corrected chi connectivity index (χ4v) is 1.18. The molecule has 0 aliphatic heterocycles. The summed E-state index contributed by atoms with van der Waals surface area (Å²) in [5, 5.41) is 18.3. The van der Waals surface area contributed by atoms with Gasteiger partial charge < -0.3 is 19.3 Å². The molecule has 1 aromatic rings. The third-order valence-electron chi connectivity index (χ3n) is 2.04. The van der Waals surface area contributed by atoms with Gasteiger partial charge in [0.05, 0.1) is 25.4 Å². The van der Waals surface area contributed by atoms with E-state index in [4.69, 9.17) is 19.5 Å². The van der Waals surface area contributed by atoms with Crippen LogP contribution >= 0.6 is 0 Å². The number of benzene rings is 1. The minimum absolute atomic E-state index is 0.133. The Labute approximate surface area is 100 Å². The molecule has 0 fully saturated rings. The van der Waals surface area contributed by atoms with E-state index in [1.165, 1.54) is 6.07 Å². The molecule has 5 nitrogen and oxygen atoms in total. The predicted molar refractivity (Wildman–Crippen MR) is 61.0 cm³/mol. The smallest absolute Gasteiger partial charge is 0.175 e. The van der Waals surface area contributed by atoms with Gasteiger partial charge in [0.25, 0.3) is 0 Å². The molecule has 1 rings (SSSR count). The molecule has 0 heterocycles. The highest BCUT2D eigenvalue weighted by atomic mass is 16.5. The standard InChI is InChI=1S/C12H15NO4/c1-15-5-6-16-7-8-17-11-4-2-3-10(9-13)12(11)14/h2-4,14H,5-8H2,1H3. The summed E-state index contributed by atoms with van der Waals surface area (Å²) in [5.74, 6) is 0.159. The van der Waals surface area contributed by atoms with Gasteiger partial charge in [-0.05, 0) is 12.1 Å². The van der Waals surface area contributed by atoms with Gasteiger partial charge in [-0.1, -0.05) is 6.07 Å². The quantitative estimate of drug-likeness (QED) is 0.724. The van der Waals surface area contributed by atoms with Crippen molar-refractivity contribution in [3.05, 3.63) is 23.8 Å². The molecule has 5 heteroatoms. The Hall–Kier alpha value is -1.77. The maximum absolute atomic E-state index is 9.62. The number of hydrogen-bond donors (Lipinski definition) is 1. The average Bonchev–Trinajstić information content (AvgIpc) is 2.35. The normalized spacial score (nSPS) is 9.88. The van der Waals surface area contributed by atoms with Crippen LogP contribution in [-0.2, 0) is 9.47 Å². The molecule has 0 aliphatic carbocycles. The minimum Gasteiger partial charge on any atom is -0.503 e. The van der Waals surface area contributed by atoms with Crippen LogP contribution in [0, 0.1) is 11.3 Å². The van der Waals surface area contributed by atoms with Crippen LogP contribution in [0.25, 0.3) is 0 Å². The number of hydrogen-bond acceptors (Lipinski definition) is 5. The Kier molecular flexibility index (Phi) is 5.86. The van der Waals surface area contributed by atoms with Crippen molar-refractivity contribution in [2.45, 2.75) is 0 Å². The van der Waals surface area contributed by atoms with E-state index in [1.807, 2.05) is 6.07 Å². The van der Waals surface area contributed by atoms with Crippen LogP contribution in [0.5, 0.6) is 11.5 Å². The molecule has 1 aromatic carbocycles. The predicted octanol–water partition coefficient (Wildman–Crippen LogP) is 1.31. The Morgan fingerprint density at radius 1 is 1.24 bits per heavy atom. The second kappa shape index (κ2) is 7.49. The van der Waals surface area contributed by atoms with E-state index in [1.54, 1.807) is 19.2 Å². The minimum atomic E-state index is -0.133. The highest BCUT2D eigenvalue weighted by Crippen LogP contribution is 2.28. The summed E-state index contributed by atoms with van der Waals surface area (Å²) in [4.78, 5) is 0. The van der Waals surface area contributed by atoms with Gasteiger partial charge in [-0.15, -0.1) is 0 Å². The molecule has 0 saturated heterocycles. The van der Waals surface area contributed by atoms with E-state index >= 15 is 0 Å². The monoisotopic (exact) mass is 237 g/mol. The molecule has 0 atom stereocenters. The second-order valence-electron chi connectivity index (χ2n) is 3.22. The Balaban J connectivity index is 2.35. The molecular formula is C12H15NO4. The lowest BCUT2D eigenvalue weighted by molar-refractivity contribution is 0.0540. The third kappa shape index (κ3) is 4.31. The van der Waals surface area contributed by atoms with Gasteiger partial charge in [-0.2, -0.15) is 5.26 Å². The van der Waals surface area contributed by atoms with Crippen LogP contribution in [0.4, 0.5) is 0 Å². The molecule has 0 radical (unpaired) electrons. The molecule has 0 aromatic heterocycles. The van der Waals surface area contributed by atoms with Gasteiger partial charge in [-0.3, -0.25) is 0 Å². The lowest BCUT2D eigenvalue weighted by atomic mass is 10.2. The fraction of sp³-hybridized carbons (Fsp3) is 0.417. The van der Waals surface area contributed by atoms with Gasteiger partial charge in [0, 0.05) is 7.11 Å². The van der Waals surface area contributed by atoms with Crippen molar-refractivity contribution < 1.29 is 19.3 Å². The number of aromatic hydroxyl groups is 1. The average molecular weight is 237 g/mol. The van der Waals surface area contributed by atoms with Gasteiger partial charge >= 0.3 is 0 Å². The van der Waals surface area contributed by atoms with Crippen molar-refractivity contribution in [2.24, 2.45) is 0 Å². The summed E-state index contributed by atoms with van der Waals surface area (Å²) >= 11 is 0. The first-order valence-electron chi connectivity index (χ1n) is 5.21. The van der Waals surface area contributed by atoms with E-state index in [9.17, 15) is 5.11 Å². The zero-order valence-electron chi connectivity index (χ0n) is 9.68. The summed E-state index contributed by atoms with van der Waals surface area (Å²) in [6.07, 6.45) is 0. The Morgan fingerprint density at radius 3 is 2.71 bits per heavy atom. The summed E-state index contributed by atoms with van der Waals surface area (Å²) in [5.41, 5.74) is 0.197.